The van der Waals surface area contributed by atoms with E-state index >= 15 is 0 Å². The van der Waals surface area contributed by atoms with Crippen molar-refractivity contribution < 1.29 is 9.72 Å². The molecule has 11 nitrogen and oxygen atoms in total. The summed E-state index contributed by atoms with van der Waals surface area (Å²) in [4.78, 5) is 57.1. The van der Waals surface area contributed by atoms with Gasteiger partial charge < -0.3 is 5.32 Å². The van der Waals surface area contributed by atoms with E-state index < -0.39 is 27.5 Å². The Morgan fingerprint density at radius 2 is 1.88 bits per heavy atom. The van der Waals surface area contributed by atoms with Crippen molar-refractivity contribution in [1.29, 1.82) is 0 Å². The van der Waals surface area contributed by atoms with Crippen molar-refractivity contribution in [2.75, 3.05) is 11.1 Å². The van der Waals surface area contributed by atoms with E-state index in [0.717, 1.165) is 22.4 Å². The number of thioether (sulfide) groups is 1. The van der Waals surface area contributed by atoms with E-state index in [-0.39, 0.29) is 38.2 Å². The summed E-state index contributed by atoms with van der Waals surface area (Å²) >= 11 is 6.81. The first-order valence-corrected chi connectivity index (χ1v) is 11.0. The number of anilines is 1. The number of fused-ring (bicyclic) bond motifs is 1. The van der Waals surface area contributed by atoms with Gasteiger partial charge in [0.25, 0.3) is 11.2 Å². The molecule has 2 heterocycles. The van der Waals surface area contributed by atoms with E-state index in [4.69, 9.17) is 11.6 Å². The Morgan fingerprint density at radius 1 is 1.21 bits per heavy atom. The molecule has 0 saturated heterocycles. The number of halogens is 1. The van der Waals surface area contributed by atoms with Crippen LogP contribution in [0.25, 0.3) is 11.0 Å². The molecule has 3 aromatic rings. The van der Waals surface area contributed by atoms with Crippen LogP contribution in [0.15, 0.2) is 32.8 Å². The number of hydrogen-bond acceptors (Lipinski definition) is 8. The molecular weight excluding hydrogens is 472 g/mol. The Kier molecular flexibility index (Phi) is 6.61. The van der Waals surface area contributed by atoms with Gasteiger partial charge in [0.15, 0.2) is 5.65 Å². The lowest BCUT2D eigenvalue weighted by atomic mass is 9.96. The summed E-state index contributed by atoms with van der Waals surface area (Å²) in [6.07, 6.45) is 0. The maximum Gasteiger partial charge on any atom is 0.332 e. The minimum atomic E-state index is -0.645. The number of aromatic nitrogens is 4. The largest absolute Gasteiger partial charge is 0.332 e. The number of rotatable bonds is 5. The average Bonchev–Trinajstić information content (AvgIpc) is 2.74. The van der Waals surface area contributed by atoms with E-state index in [2.05, 4.69) is 15.3 Å². The first-order chi connectivity index (χ1) is 15.3. The maximum atomic E-state index is 12.8. The maximum absolute atomic E-state index is 12.8. The Morgan fingerprint density at radius 3 is 2.48 bits per heavy atom. The molecule has 0 aliphatic rings. The normalized spacial score (nSPS) is 11.6. The number of nitro benzene ring substituents is 1. The van der Waals surface area contributed by atoms with Crippen LogP contribution < -0.4 is 16.6 Å². The second-order valence-corrected chi connectivity index (χ2v) is 9.64. The van der Waals surface area contributed by atoms with Crippen LogP contribution in [0.4, 0.5) is 11.4 Å². The number of nitro groups is 1. The van der Waals surface area contributed by atoms with Gasteiger partial charge in [0.2, 0.25) is 5.91 Å². The summed E-state index contributed by atoms with van der Waals surface area (Å²) < 4.78 is 2.23. The number of nitrogens with one attached hydrogen (secondary N) is 1. The van der Waals surface area contributed by atoms with E-state index in [1.807, 2.05) is 20.8 Å². The molecule has 174 valence electrons. The third-order valence-corrected chi connectivity index (χ3v) is 6.00. The van der Waals surface area contributed by atoms with Crippen LogP contribution in [0.2, 0.25) is 5.02 Å². The molecule has 1 N–H and O–H groups in total. The van der Waals surface area contributed by atoms with Gasteiger partial charge >= 0.3 is 5.69 Å². The Hall–Kier alpha value is -3.25. The van der Waals surface area contributed by atoms with Crippen molar-refractivity contribution in [1.82, 2.24) is 19.1 Å². The topological polar surface area (TPSA) is 142 Å². The number of carbonyl (C=O) groups is 1. The number of aryl methyl sites for hydroxylation is 1. The third-order valence-electron chi connectivity index (χ3n) is 4.70. The lowest BCUT2D eigenvalue weighted by molar-refractivity contribution is -0.384. The molecule has 0 bridgehead atoms. The molecule has 0 radical (unpaired) electrons. The second-order valence-electron chi connectivity index (χ2n) is 8.27. The highest BCUT2D eigenvalue weighted by atomic mass is 35.5. The molecule has 0 fully saturated rings. The first kappa shape index (κ1) is 24.4. The fourth-order valence-corrected chi connectivity index (χ4v) is 3.93. The molecule has 0 aliphatic heterocycles. The molecular formula is C20H21ClN6O5S. The number of nitrogens with zero attached hydrogens (tertiary/aromatic N) is 5. The molecule has 13 heteroatoms. The molecule has 1 aromatic carbocycles. The van der Waals surface area contributed by atoms with Crippen LogP contribution >= 0.6 is 23.4 Å². The first-order valence-electron chi connectivity index (χ1n) is 9.66. The minimum absolute atomic E-state index is 0.0454. The standard InChI is InChI=1S/C20H21ClN6O5S/c1-20(2,3)18-23-15-14(17(29)26(5)19(30)25(15)4)16(24-18)33-9-13(28)22-10-6-7-11(21)12(8-10)27(31)32/h6-8H,9H2,1-5H3,(H,22,28). The Labute approximate surface area is 197 Å². The van der Waals surface area contributed by atoms with Crippen molar-refractivity contribution >= 4 is 51.7 Å². The molecule has 0 aliphatic carbocycles. The van der Waals surface area contributed by atoms with Gasteiger partial charge in [-0.1, -0.05) is 44.1 Å². The molecule has 3 rings (SSSR count). The monoisotopic (exact) mass is 492 g/mol. The van der Waals surface area contributed by atoms with Crippen LogP contribution in [-0.4, -0.2) is 35.7 Å². The summed E-state index contributed by atoms with van der Waals surface area (Å²) in [5.74, 6) is -0.199. The molecule has 2 aromatic heterocycles. The van der Waals surface area contributed by atoms with Gasteiger partial charge in [-0.2, -0.15) is 0 Å². The number of hydrogen-bond donors (Lipinski definition) is 1. The number of benzene rings is 1. The zero-order chi connectivity index (χ0) is 24.7. The summed E-state index contributed by atoms with van der Waals surface area (Å²) in [5.41, 5.74) is -1.51. The average molecular weight is 493 g/mol. The molecule has 0 atom stereocenters. The van der Waals surface area contributed by atoms with Crippen LogP contribution in [0.3, 0.4) is 0 Å². The van der Waals surface area contributed by atoms with Crippen molar-refractivity contribution in [2.45, 2.75) is 31.2 Å². The van der Waals surface area contributed by atoms with E-state index in [9.17, 15) is 24.5 Å². The van der Waals surface area contributed by atoms with Gasteiger partial charge in [-0.25, -0.2) is 14.8 Å². The van der Waals surface area contributed by atoms with Crippen molar-refractivity contribution in [2.24, 2.45) is 14.1 Å². The van der Waals surface area contributed by atoms with E-state index in [0.29, 0.717) is 5.82 Å². The smallest absolute Gasteiger partial charge is 0.325 e. The minimum Gasteiger partial charge on any atom is -0.325 e. The van der Waals surface area contributed by atoms with Crippen LogP contribution in [0.5, 0.6) is 0 Å². The Balaban J connectivity index is 1.98. The third kappa shape index (κ3) is 4.91. The van der Waals surface area contributed by atoms with E-state index in [1.54, 1.807) is 0 Å². The zero-order valence-electron chi connectivity index (χ0n) is 18.5. The fraction of sp³-hybridized carbons (Fsp3) is 0.350. The lowest BCUT2D eigenvalue weighted by Gasteiger charge is -2.19. The fourth-order valence-electron chi connectivity index (χ4n) is 2.93. The SMILES string of the molecule is Cn1c(=O)c2c(SCC(=O)Nc3ccc(Cl)c([N+](=O)[O-])c3)nc(C(C)(C)C)nc2n(C)c1=O. The summed E-state index contributed by atoms with van der Waals surface area (Å²) in [5, 5.41) is 14.0. The van der Waals surface area contributed by atoms with Gasteiger partial charge in [0.05, 0.1) is 10.7 Å². The van der Waals surface area contributed by atoms with Gasteiger partial charge in [0, 0.05) is 31.3 Å². The van der Waals surface area contributed by atoms with Crippen molar-refractivity contribution in [3.63, 3.8) is 0 Å². The van der Waals surface area contributed by atoms with Crippen molar-refractivity contribution in [3.05, 3.63) is 60.0 Å². The summed E-state index contributed by atoms with van der Waals surface area (Å²) in [6.45, 7) is 5.67. The molecule has 0 spiro atoms. The number of carbonyl (C=O) groups excluding carboxylic acids is 1. The lowest BCUT2D eigenvalue weighted by Crippen LogP contribution is -2.38. The molecule has 33 heavy (non-hydrogen) atoms. The van der Waals surface area contributed by atoms with Gasteiger partial charge in [-0.15, -0.1) is 0 Å². The summed E-state index contributed by atoms with van der Waals surface area (Å²) in [6, 6.07) is 3.93. The zero-order valence-corrected chi connectivity index (χ0v) is 20.1. The molecule has 0 saturated carbocycles. The van der Waals surface area contributed by atoms with Crippen LogP contribution in [-0.2, 0) is 24.3 Å². The van der Waals surface area contributed by atoms with Crippen molar-refractivity contribution in [3.8, 4) is 0 Å². The van der Waals surface area contributed by atoms with Gasteiger partial charge in [-0.05, 0) is 12.1 Å². The van der Waals surface area contributed by atoms with Crippen LogP contribution in [0, 0.1) is 10.1 Å². The highest BCUT2D eigenvalue weighted by Crippen LogP contribution is 2.29. The second kappa shape index (κ2) is 8.94. The highest BCUT2D eigenvalue weighted by molar-refractivity contribution is 8.00. The number of amides is 1. The summed E-state index contributed by atoms with van der Waals surface area (Å²) in [7, 11) is 2.87. The quantitative estimate of drug-likeness (QED) is 0.248. The Bertz CT molecular complexity index is 1410. The van der Waals surface area contributed by atoms with E-state index in [1.165, 1.54) is 30.8 Å². The van der Waals surface area contributed by atoms with Gasteiger partial charge in [-0.3, -0.25) is 28.8 Å². The predicted molar refractivity (Wildman–Crippen MR) is 126 cm³/mol. The highest BCUT2D eigenvalue weighted by Gasteiger charge is 2.24. The molecule has 1 amide bonds. The molecule has 0 unspecified atom stereocenters. The predicted octanol–water partition coefficient (Wildman–Crippen LogP) is 2.62. The van der Waals surface area contributed by atoms with Crippen LogP contribution in [0.1, 0.15) is 26.6 Å². The van der Waals surface area contributed by atoms with Gasteiger partial charge in [0.1, 0.15) is 21.3 Å².